The van der Waals surface area contributed by atoms with Crippen LogP contribution in [-0.2, 0) is 4.79 Å². The third-order valence-electron chi connectivity index (χ3n) is 5.03. The Bertz CT molecular complexity index is 990. The van der Waals surface area contributed by atoms with Crippen LogP contribution in [0.3, 0.4) is 0 Å². The lowest BCUT2D eigenvalue weighted by atomic mass is 9.91. The Morgan fingerprint density at radius 3 is 2.00 bits per heavy atom. The minimum atomic E-state index is -0.996. The smallest absolute Gasteiger partial charge is 0.341 e. The largest absolute Gasteiger partial charge is 0.508 e. The van der Waals surface area contributed by atoms with Gasteiger partial charge in [-0.25, -0.2) is 9.59 Å². The predicted molar refractivity (Wildman–Crippen MR) is 129 cm³/mol. The highest BCUT2D eigenvalue weighted by Gasteiger charge is 2.22. The fourth-order valence-corrected chi connectivity index (χ4v) is 3.51. The van der Waals surface area contributed by atoms with Crippen molar-refractivity contribution in [1.29, 1.82) is 0 Å². The third-order valence-corrected chi connectivity index (χ3v) is 5.20. The number of phenolic OH excluding ortho intramolecular Hbond substituents is 1. The molecule has 0 spiro atoms. The van der Waals surface area contributed by atoms with Crippen LogP contribution in [0.1, 0.15) is 44.7 Å². The summed E-state index contributed by atoms with van der Waals surface area (Å²) in [4.78, 5) is 35.0. The van der Waals surface area contributed by atoms with Crippen molar-refractivity contribution in [2.75, 3.05) is 12.4 Å². The minimum Gasteiger partial charge on any atom is -0.508 e. The summed E-state index contributed by atoms with van der Waals surface area (Å²) in [5.74, 6) is -0.102. The summed E-state index contributed by atoms with van der Waals surface area (Å²) in [6.45, 7) is 5.53. The number of allylic oxidation sites excluding steroid dienone is 2. The van der Waals surface area contributed by atoms with E-state index in [-0.39, 0.29) is 18.2 Å². The van der Waals surface area contributed by atoms with Crippen molar-refractivity contribution >= 4 is 34.7 Å². The summed E-state index contributed by atoms with van der Waals surface area (Å²) >= 11 is 5.52. The summed E-state index contributed by atoms with van der Waals surface area (Å²) in [6.07, 6.45) is 1.62. The monoisotopic (exact) mass is 473 g/mol. The molecule has 33 heavy (non-hydrogen) atoms. The Hall–Kier alpha value is -3.39. The van der Waals surface area contributed by atoms with Crippen LogP contribution in [0, 0.1) is 4.91 Å². The molecule has 0 bridgehead atoms. The standard InChI is InChI=1S/C24H28ClN3O5/c1-4-21(17-6-10-19(29)11-7-17)22(5-2)18-8-12-20(13-9-18)33-23(30)16(3)26-24(31)28(27-32)15-14-25/h6-13,16,29H,4-5,14-15H2,1-3H3,(H,26,31)/t16-/m0/s1. The molecule has 0 aliphatic rings. The number of esters is 1. The van der Waals surface area contributed by atoms with Gasteiger partial charge in [0, 0.05) is 5.88 Å². The molecule has 0 radical (unpaired) electrons. The number of urea groups is 1. The van der Waals surface area contributed by atoms with E-state index < -0.39 is 18.0 Å². The Kier molecular flexibility index (Phi) is 9.87. The molecule has 0 aromatic heterocycles. The van der Waals surface area contributed by atoms with E-state index in [0.717, 1.165) is 29.5 Å². The van der Waals surface area contributed by atoms with Crippen LogP contribution in [-0.4, -0.2) is 40.6 Å². The lowest BCUT2D eigenvalue weighted by Crippen LogP contribution is -2.46. The van der Waals surface area contributed by atoms with Crippen LogP contribution < -0.4 is 10.1 Å². The minimum absolute atomic E-state index is 0.0328. The van der Waals surface area contributed by atoms with Crippen molar-refractivity contribution in [3.8, 4) is 11.5 Å². The van der Waals surface area contributed by atoms with Crippen LogP contribution in [0.5, 0.6) is 11.5 Å². The number of hydrogen-bond acceptors (Lipinski definition) is 6. The van der Waals surface area contributed by atoms with Gasteiger partial charge in [0.25, 0.3) is 0 Å². The van der Waals surface area contributed by atoms with Crippen LogP contribution >= 0.6 is 11.6 Å². The summed E-state index contributed by atoms with van der Waals surface area (Å²) < 4.78 is 5.35. The second-order valence-corrected chi connectivity index (χ2v) is 7.60. The first-order valence-corrected chi connectivity index (χ1v) is 11.2. The van der Waals surface area contributed by atoms with Crippen molar-refractivity contribution in [3.63, 3.8) is 0 Å². The molecule has 176 valence electrons. The number of hydrogen-bond donors (Lipinski definition) is 2. The summed E-state index contributed by atoms with van der Waals surface area (Å²) in [7, 11) is 0. The van der Waals surface area contributed by atoms with Crippen molar-refractivity contribution in [1.82, 2.24) is 10.3 Å². The van der Waals surface area contributed by atoms with Crippen LogP contribution in [0.4, 0.5) is 4.79 Å². The molecule has 0 heterocycles. The Labute approximate surface area is 198 Å². The Morgan fingerprint density at radius 2 is 1.55 bits per heavy atom. The van der Waals surface area contributed by atoms with Gasteiger partial charge in [-0.3, -0.25) is 0 Å². The van der Waals surface area contributed by atoms with Gasteiger partial charge in [-0.2, -0.15) is 5.01 Å². The van der Waals surface area contributed by atoms with E-state index in [1.54, 1.807) is 24.3 Å². The van der Waals surface area contributed by atoms with Gasteiger partial charge in [-0.05, 0) is 66.3 Å². The quantitative estimate of drug-likeness (QED) is 0.121. The number of rotatable bonds is 10. The molecule has 1 atom stereocenters. The lowest BCUT2D eigenvalue weighted by molar-refractivity contribution is -0.136. The molecular weight excluding hydrogens is 446 g/mol. The number of nitrogens with zero attached hydrogens (tertiary/aromatic N) is 2. The molecule has 0 unspecified atom stereocenters. The fraction of sp³-hybridized carbons (Fsp3) is 0.333. The first-order chi connectivity index (χ1) is 15.8. The van der Waals surface area contributed by atoms with Crippen molar-refractivity contribution in [3.05, 3.63) is 64.6 Å². The molecule has 0 saturated heterocycles. The number of nitrogens with one attached hydrogen (secondary N) is 1. The number of aromatic hydroxyl groups is 1. The molecule has 0 aliphatic heterocycles. The van der Waals surface area contributed by atoms with Gasteiger partial charge >= 0.3 is 12.0 Å². The molecule has 0 fully saturated rings. The van der Waals surface area contributed by atoms with E-state index in [1.807, 2.05) is 24.3 Å². The van der Waals surface area contributed by atoms with Gasteiger partial charge in [0.05, 0.1) is 11.8 Å². The second kappa shape index (κ2) is 12.6. The van der Waals surface area contributed by atoms with Crippen molar-refractivity contribution < 1.29 is 19.4 Å². The average Bonchev–Trinajstić information content (AvgIpc) is 2.82. The maximum atomic E-state index is 12.3. The Balaban J connectivity index is 2.13. The zero-order valence-corrected chi connectivity index (χ0v) is 19.6. The molecule has 2 N–H and O–H groups in total. The van der Waals surface area contributed by atoms with Crippen LogP contribution in [0.15, 0.2) is 53.8 Å². The Morgan fingerprint density at radius 1 is 1.03 bits per heavy atom. The van der Waals surface area contributed by atoms with Crippen LogP contribution in [0.25, 0.3) is 11.1 Å². The summed E-state index contributed by atoms with van der Waals surface area (Å²) in [6, 6.07) is 12.4. The normalized spacial score (nSPS) is 12.4. The van der Waals surface area contributed by atoms with Gasteiger partial charge in [0.2, 0.25) is 0 Å². The van der Waals surface area contributed by atoms with Gasteiger partial charge in [0.1, 0.15) is 17.5 Å². The SMILES string of the molecule is CCC(=C(CC)c1ccc(OC(=O)[C@H](C)NC(=O)N(CCCl)N=O)cc1)c1ccc(O)cc1. The number of amides is 2. The van der Waals surface area contributed by atoms with Gasteiger partial charge < -0.3 is 15.2 Å². The number of nitroso groups, excluding NO2 is 1. The van der Waals surface area contributed by atoms with E-state index in [1.165, 1.54) is 12.5 Å². The molecule has 0 saturated carbocycles. The zero-order valence-electron chi connectivity index (χ0n) is 18.9. The van der Waals surface area contributed by atoms with E-state index in [4.69, 9.17) is 16.3 Å². The first kappa shape index (κ1) is 25.9. The van der Waals surface area contributed by atoms with Gasteiger partial charge in [-0.15, -0.1) is 16.5 Å². The van der Waals surface area contributed by atoms with E-state index in [9.17, 15) is 19.6 Å². The fourth-order valence-electron chi connectivity index (χ4n) is 3.35. The number of benzene rings is 2. The topological polar surface area (TPSA) is 108 Å². The first-order valence-electron chi connectivity index (χ1n) is 10.6. The molecular formula is C24H28ClN3O5. The molecule has 2 amide bonds. The molecule has 2 aromatic carbocycles. The third kappa shape index (κ3) is 7.05. The lowest BCUT2D eigenvalue weighted by Gasteiger charge is -2.17. The summed E-state index contributed by atoms with van der Waals surface area (Å²) in [5.41, 5.74) is 4.36. The molecule has 8 nitrogen and oxygen atoms in total. The highest BCUT2D eigenvalue weighted by molar-refractivity contribution is 6.18. The predicted octanol–water partition coefficient (Wildman–Crippen LogP) is 5.35. The molecule has 2 aromatic rings. The second-order valence-electron chi connectivity index (χ2n) is 7.22. The highest BCUT2D eigenvalue weighted by Crippen LogP contribution is 2.32. The highest BCUT2D eigenvalue weighted by atomic mass is 35.5. The molecule has 0 aliphatic carbocycles. The van der Waals surface area contributed by atoms with Gasteiger partial charge in [-0.1, -0.05) is 38.1 Å². The number of carbonyl (C=O) groups is 2. The summed E-state index contributed by atoms with van der Waals surface area (Å²) in [5, 5.41) is 15.1. The van der Waals surface area contributed by atoms with Crippen LogP contribution in [0.2, 0.25) is 0 Å². The number of halogens is 1. The molecule has 9 heteroatoms. The van der Waals surface area contributed by atoms with Crippen molar-refractivity contribution in [2.45, 2.75) is 39.7 Å². The maximum absolute atomic E-state index is 12.3. The van der Waals surface area contributed by atoms with Crippen molar-refractivity contribution in [2.24, 2.45) is 5.29 Å². The number of alkyl halides is 1. The van der Waals surface area contributed by atoms with E-state index in [2.05, 4.69) is 24.5 Å². The maximum Gasteiger partial charge on any atom is 0.341 e. The van der Waals surface area contributed by atoms with E-state index in [0.29, 0.717) is 10.8 Å². The number of carbonyl (C=O) groups excluding carboxylic acids is 2. The van der Waals surface area contributed by atoms with Gasteiger partial charge in [0.15, 0.2) is 0 Å². The van der Waals surface area contributed by atoms with E-state index >= 15 is 0 Å². The zero-order chi connectivity index (χ0) is 24.4. The number of phenols is 1. The average molecular weight is 474 g/mol. The number of ether oxygens (including phenoxy) is 1. The molecule has 2 rings (SSSR count).